The molecular formula is C18H20ClNO2S. The van der Waals surface area contributed by atoms with Crippen LogP contribution in [0.5, 0.6) is 0 Å². The minimum atomic E-state index is -3.47. The van der Waals surface area contributed by atoms with Crippen LogP contribution in [-0.4, -0.2) is 15.0 Å². The largest absolute Gasteiger partial charge is 0.326 e. The Hall–Kier alpha value is -1.62. The zero-order valence-corrected chi connectivity index (χ0v) is 14.6. The Balaban J connectivity index is 0.00000192. The molecule has 0 saturated carbocycles. The van der Waals surface area contributed by atoms with Gasteiger partial charge >= 0.3 is 0 Å². The number of aryl methyl sites for hydroxylation is 2. The van der Waals surface area contributed by atoms with E-state index >= 15 is 0 Å². The smallest absolute Gasteiger partial charge is 0.206 e. The molecule has 0 atom stereocenters. The molecule has 0 aromatic heterocycles. The molecule has 5 heteroatoms. The van der Waals surface area contributed by atoms with Gasteiger partial charge in [0.2, 0.25) is 9.84 Å². The van der Waals surface area contributed by atoms with Gasteiger partial charge in [-0.1, -0.05) is 24.3 Å². The predicted molar refractivity (Wildman–Crippen MR) is 95.7 cm³/mol. The topological polar surface area (TPSA) is 60.2 Å². The van der Waals surface area contributed by atoms with Crippen molar-refractivity contribution in [1.82, 2.24) is 0 Å². The Labute approximate surface area is 143 Å². The van der Waals surface area contributed by atoms with Gasteiger partial charge in [0.1, 0.15) is 0 Å². The molecule has 3 rings (SSSR count). The van der Waals surface area contributed by atoms with Gasteiger partial charge in [0.05, 0.1) is 9.79 Å². The fourth-order valence-corrected chi connectivity index (χ4v) is 4.30. The van der Waals surface area contributed by atoms with E-state index < -0.39 is 9.84 Å². The molecule has 0 spiro atoms. The summed E-state index contributed by atoms with van der Waals surface area (Å²) in [6, 6.07) is 12.4. The molecule has 0 fully saturated rings. The van der Waals surface area contributed by atoms with Crippen LogP contribution in [0.2, 0.25) is 0 Å². The summed E-state index contributed by atoms with van der Waals surface area (Å²) in [4.78, 5) is 0.702. The fourth-order valence-electron chi connectivity index (χ4n) is 2.88. The van der Waals surface area contributed by atoms with E-state index in [0.29, 0.717) is 16.3 Å². The number of hydrogen-bond donors (Lipinski definition) is 1. The van der Waals surface area contributed by atoms with Crippen molar-refractivity contribution in [3.05, 3.63) is 65.2 Å². The standard InChI is InChI=1S/C18H19NO2S.ClH/c1-13-4-2-7-16(10-13)22(20,21)17-8-9-18-14(11-17)5-3-6-15(18)12-19;/h2,4,6-11H,3,5,12,19H2,1H3;1H. The molecule has 0 heterocycles. The molecule has 0 unspecified atom stereocenters. The number of hydrogen-bond acceptors (Lipinski definition) is 3. The summed E-state index contributed by atoms with van der Waals surface area (Å²) in [5, 5.41) is 0. The molecule has 1 aliphatic rings. The van der Waals surface area contributed by atoms with E-state index in [1.165, 1.54) is 0 Å². The first-order valence-electron chi connectivity index (χ1n) is 7.36. The Morgan fingerprint density at radius 3 is 2.52 bits per heavy atom. The average Bonchev–Trinajstić information content (AvgIpc) is 2.53. The number of rotatable bonds is 3. The van der Waals surface area contributed by atoms with Crippen LogP contribution in [0.25, 0.3) is 5.57 Å². The van der Waals surface area contributed by atoms with Crippen LogP contribution in [0.15, 0.2) is 58.3 Å². The lowest BCUT2D eigenvalue weighted by Gasteiger charge is -2.18. The first-order valence-corrected chi connectivity index (χ1v) is 8.85. The maximum Gasteiger partial charge on any atom is 0.206 e. The second-order valence-corrected chi connectivity index (χ2v) is 7.56. The summed E-state index contributed by atoms with van der Waals surface area (Å²) in [5.41, 5.74) is 9.95. The van der Waals surface area contributed by atoms with Gasteiger partial charge in [-0.3, -0.25) is 0 Å². The Morgan fingerprint density at radius 1 is 1.09 bits per heavy atom. The Bertz CT molecular complexity index is 857. The number of sulfone groups is 1. The second-order valence-electron chi connectivity index (χ2n) is 5.61. The first-order chi connectivity index (χ1) is 10.5. The third kappa shape index (κ3) is 3.34. The number of nitrogens with two attached hydrogens (primary N) is 1. The quantitative estimate of drug-likeness (QED) is 0.922. The molecule has 3 nitrogen and oxygen atoms in total. The zero-order chi connectivity index (χ0) is 15.7. The summed E-state index contributed by atoms with van der Waals surface area (Å²) < 4.78 is 25.6. The van der Waals surface area contributed by atoms with Gasteiger partial charge < -0.3 is 5.73 Å². The van der Waals surface area contributed by atoms with Crippen molar-refractivity contribution in [2.45, 2.75) is 29.6 Å². The minimum absolute atomic E-state index is 0. The molecule has 0 bridgehead atoms. The van der Waals surface area contributed by atoms with Crippen LogP contribution in [0.3, 0.4) is 0 Å². The normalized spacial score (nSPS) is 13.7. The molecule has 0 saturated heterocycles. The van der Waals surface area contributed by atoms with Crippen LogP contribution >= 0.6 is 12.4 Å². The van der Waals surface area contributed by atoms with E-state index in [4.69, 9.17) is 5.73 Å². The molecule has 23 heavy (non-hydrogen) atoms. The molecule has 122 valence electrons. The lowest BCUT2D eigenvalue weighted by molar-refractivity contribution is 0.596. The van der Waals surface area contributed by atoms with E-state index in [1.807, 2.05) is 19.1 Å². The van der Waals surface area contributed by atoms with Crippen LogP contribution in [0.1, 0.15) is 23.1 Å². The third-order valence-corrected chi connectivity index (χ3v) is 5.81. The average molecular weight is 350 g/mol. The second kappa shape index (κ2) is 6.87. The van der Waals surface area contributed by atoms with Crippen LogP contribution in [-0.2, 0) is 16.3 Å². The van der Waals surface area contributed by atoms with E-state index in [0.717, 1.165) is 35.1 Å². The highest BCUT2D eigenvalue weighted by molar-refractivity contribution is 7.91. The van der Waals surface area contributed by atoms with Gasteiger partial charge in [-0.2, -0.15) is 0 Å². The van der Waals surface area contributed by atoms with Crippen molar-refractivity contribution in [2.75, 3.05) is 6.54 Å². The summed E-state index contributed by atoms with van der Waals surface area (Å²) >= 11 is 0. The van der Waals surface area contributed by atoms with Crippen LogP contribution in [0, 0.1) is 6.92 Å². The summed E-state index contributed by atoms with van der Waals surface area (Å²) in [5.74, 6) is 0. The number of fused-ring (bicyclic) bond motifs is 1. The van der Waals surface area contributed by atoms with Crippen molar-refractivity contribution in [3.63, 3.8) is 0 Å². The zero-order valence-electron chi connectivity index (χ0n) is 13.0. The van der Waals surface area contributed by atoms with Gasteiger partial charge in [0, 0.05) is 6.54 Å². The molecule has 0 amide bonds. The van der Waals surface area contributed by atoms with Crippen molar-refractivity contribution in [1.29, 1.82) is 0 Å². The van der Waals surface area contributed by atoms with Gasteiger partial charge in [-0.15, -0.1) is 12.4 Å². The van der Waals surface area contributed by atoms with Crippen molar-refractivity contribution < 1.29 is 8.42 Å². The molecule has 2 N–H and O–H groups in total. The van der Waals surface area contributed by atoms with Crippen molar-refractivity contribution >= 4 is 27.8 Å². The van der Waals surface area contributed by atoms with E-state index in [2.05, 4.69) is 6.08 Å². The van der Waals surface area contributed by atoms with E-state index in [-0.39, 0.29) is 12.4 Å². The van der Waals surface area contributed by atoms with Crippen molar-refractivity contribution in [2.24, 2.45) is 5.73 Å². The van der Waals surface area contributed by atoms with E-state index in [9.17, 15) is 8.42 Å². The maximum atomic E-state index is 12.8. The Morgan fingerprint density at radius 2 is 1.83 bits per heavy atom. The monoisotopic (exact) mass is 349 g/mol. The molecule has 2 aromatic carbocycles. The molecule has 0 radical (unpaired) electrons. The van der Waals surface area contributed by atoms with Gasteiger partial charge in [-0.25, -0.2) is 8.42 Å². The molecule has 1 aliphatic carbocycles. The number of halogens is 1. The van der Waals surface area contributed by atoms with E-state index in [1.54, 1.807) is 30.3 Å². The molecule has 2 aromatic rings. The lowest BCUT2D eigenvalue weighted by Crippen LogP contribution is -2.10. The summed E-state index contributed by atoms with van der Waals surface area (Å²) in [6.07, 6.45) is 3.90. The Kier molecular flexibility index (Phi) is 5.30. The van der Waals surface area contributed by atoms with Gasteiger partial charge in [0.25, 0.3) is 0 Å². The molecule has 0 aliphatic heterocycles. The van der Waals surface area contributed by atoms with Gasteiger partial charge in [-0.05, 0) is 66.3 Å². The van der Waals surface area contributed by atoms with Crippen molar-refractivity contribution in [3.8, 4) is 0 Å². The SMILES string of the molecule is Cc1cccc(S(=O)(=O)c2ccc3c(c2)CCC=C3CN)c1.Cl. The first kappa shape index (κ1) is 17.7. The highest BCUT2D eigenvalue weighted by Crippen LogP contribution is 2.30. The summed E-state index contributed by atoms with van der Waals surface area (Å²) in [6.45, 7) is 2.38. The third-order valence-electron chi connectivity index (χ3n) is 4.06. The fraction of sp³-hybridized carbons (Fsp3) is 0.222. The highest BCUT2D eigenvalue weighted by Gasteiger charge is 2.20. The summed E-state index contributed by atoms with van der Waals surface area (Å²) in [7, 11) is -3.47. The van der Waals surface area contributed by atoms with Crippen LogP contribution < -0.4 is 5.73 Å². The minimum Gasteiger partial charge on any atom is -0.326 e. The number of allylic oxidation sites excluding steroid dienone is 1. The maximum absolute atomic E-state index is 12.8. The van der Waals surface area contributed by atoms with Gasteiger partial charge in [0.15, 0.2) is 0 Å². The molecular weight excluding hydrogens is 330 g/mol. The highest BCUT2D eigenvalue weighted by atomic mass is 35.5. The lowest BCUT2D eigenvalue weighted by atomic mass is 9.91. The number of benzene rings is 2. The predicted octanol–water partition coefficient (Wildman–Crippen LogP) is 3.54. The van der Waals surface area contributed by atoms with Crippen LogP contribution in [0.4, 0.5) is 0 Å².